The zero-order chi connectivity index (χ0) is 18.1. The van der Waals surface area contributed by atoms with Crippen LogP contribution in [-0.4, -0.2) is 27.0 Å². The number of rotatable bonds is 4. The third kappa shape index (κ3) is 3.46. The van der Waals surface area contributed by atoms with Gasteiger partial charge in [0.15, 0.2) is 16.1 Å². The van der Waals surface area contributed by atoms with E-state index >= 15 is 0 Å². The van der Waals surface area contributed by atoms with Gasteiger partial charge < -0.3 is 15.5 Å². The summed E-state index contributed by atoms with van der Waals surface area (Å²) in [5.41, 5.74) is 7.07. The zero-order valence-corrected chi connectivity index (χ0v) is 15.8. The van der Waals surface area contributed by atoms with Gasteiger partial charge in [0, 0.05) is 12.1 Å². The first kappa shape index (κ1) is 17.1. The number of pyridine rings is 1. The first-order valence-electron chi connectivity index (χ1n) is 8.80. The van der Waals surface area contributed by atoms with Gasteiger partial charge in [-0.15, -0.1) is 5.10 Å². The van der Waals surface area contributed by atoms with Crippen LogP contribution in [0.4, 0.5) is 5.82 Å². The maximum absolute atomic E-state index is 12.5. The van der Waals surface area contributed by atoms with Gasteiger partial charge in [-0.1, -0.05) is 19.3 Å². The van der Waals surface area contributed by atoms with Crippen LogP contribution in [0.3, 0.4) is 0 Å². The summed E-state index contributed by atoms with van der Waals surface area (Å²) in [6.45, 7) is 0.711. The molecule has 0 atom stereocenters. The standard InChI is InChI=1S/C18H20BrN5O2/c19-14-7-6-13(26-14)17-22-16-9-12(8-15(20)24(16)23-17)18(25)21-10-11-4-2-1-3-5-11/h6-9,11H,1-5,10,20H2,(H,21,25). The number of fused-ring (bicyclic) bond motifs is 1. The second-order valence-electron chi connectivity index (χ2n) is 6.69. The van der Waals surface area contributed by atoms with E-state index in [4.69, 9.17) is 10.2 Å². The second kappa shape index (κ2) is 7.11. The Balaban J connectivity index is 1.54. The topological polar surface area (TPSA) is 98.5 Å². The summed E-state index contributed by atoms with van der Waals surface area (Å²) < 4.78 is 7.58. The van der Waals surface area contributed by atoms with E-state index in [1.807, 2.05) is 0 Å². The number of carbonyl (C=O) groups is 1. The molecule has 136 valence electrons. The van der Waals surface area contributed by atoms with Crippen molar-refractivity contribution in [3.05, 3.63) is 34.5 Å². The van der Waals surface area contributed by atoms with Crippen molar-refractivity contribution >= 4 is 33.3 Å². The summed E-state index contributed by atoms with van der Waals surface area (Å²) in [4.78, 5) is 16.9. The minimum atomic E-state index is -0.130. The van der Waals surface area contributed by atoms with Gasteiger partial charge in [-0.25, -0.2) is 4.98 Å². The van der Waals surface area contributed by atoms with Crippen molar-refractivity contribution in [2.75, 3.05) is 12.3 Å². The Bertz CT molecular complexity index is 942. The average Bonchev–Trinajstić information content (AvgIpc) is 3.27. The number of aromatic nitrogens is 3. The number of hydrogen-bond acceptors (Lipinski definition) is 5. The molecule has 26 heavy (non-hydrogen) atoms. The van der Waals surface area contributed by atoms with Crippen LogP contribution in [0, 0.1) is 5.92 Å². The molecule has 1 aliphatic carbocycles. The molecule has 3 N–H and O–H groups in total. The van der Waals surface area contributed by atoms with E-state index in [0.29, 0.717) is 45.7 Å². The van der Waals surface area contributed by atoms with Gasteiger partial charge in [0.05, 0.1) is 0 Å². The zero-order valence-electron chi connectivity index (χ0n) is 14.2. The van der Waals surface area contributed by atoms with Crippen molar-refractivity contribution in [1.82, 2.24) is 19.9 Å². The van der Waals surface area contributed by atoms with Gasteiger partial charge in [0.1, 0.15) is 5.82 Å². The molecule has 7 nitrogen and oxygen atoms in total. The van der Waals surface area contributed by atoms with E-state index < -0.39 is 0 Å². The van der Waals surface area contributed by atoms with Crippen molar-refractivity contribution < 1.29 is 9.21 Å². The summed E-state index contributed by atoms with van der Waals surface area (Å²) in [6, 6.07) is 6.86. The predicted molar refractivity (Wildman–Crippen MR) is 102 cm³/mol. The lowest BCUT2D eigenvalue weighted by Gasteiger charge is -2.21. The molecule has 0 aliphatic heterocycles. The van der Waals surface area contributed by atoms with E-state index in [1.165, 1.54) is 36.6 Å². The average molecular weight is 418 g/mol. The lowest BCUT2D eigenvalue weighted by molar-refractivity contribution is 0.0943. The number of nitrogens with zero attached hydrogens (tertiary/aromatic N) is 3. The Kier molecular flexibility index (Phi) is 4.67. The van der Waals surface area contributed by atoms with Gasteiger partial charge in [0.25, 0.3) is 5.91 Å². The third-order valence-corrected chi connectivity index (χ3v) is 5.22. The van der Waals surface area contributed by atoms with Crippen LogP contribution in [0.5, 0.6) is 0 Å². The van der Waals surface area contributed by atoms with E-state index in [2.05, 4.69) is 31.3 Å². The molecule has 8 heteroatoms. The van der Waals surface area contributed by atoms with Crippen LogP contribution in [0.25, 0.3) is 17.2 Å². The first-order chi connectivity index (χ1) is 12.6. The van der Waals surface area contributed by atoms with Crippen molar-refractivity contribution in [1.29, 1.82) is 0 Å². The number of furan rings is 1. The quantitative estimate of drug-likeness (QED) is 0.674. The summed E-state index contributed by atoms with van der Waals surface area (Å²) in [5, 5.41) is 7.38. The highest BCUT2D eigenvalue weighted by atomic mass is 79.9. The molecule has 0 radical (unpaired) electrons. The molecule has 1 aliphatic rings. The molecule has 3 aromatic rings. The molecular weight excluding hydrogens is 398 g/mol. The number of amides is 1. The van der Waals surface area contributed by atoms with Gasteiger partial charge >= 0.3 is 0 Å². The Morgan fingerprint density at radius 1 is 1.31 bits per heavy atom. The largest absolute Gasteiger partial charge is 0.446 e. The van der Waals surface area contributed by atoms with Gasteiger partial charge in [0.2, 0.25) is 5.82 Å². The van der Waals surface area contributed by atoms with Crippen molar-refractivity contribution in [3.63, 3.8) is 0 Å². The highest BCUT2D eigenvalue weighted by molar-refractivity contribution is 9.10. The Labute approximate surface area is 159 Å². The molecule has 3 aromatic heterocycles. The molecule has 0 aromatic carbocycles. The highest BCUT2D eigenvalue weighted by Gasteiger charge is 2.17. The lowest BCUT2D eigenvalue weighted by atomic mass is 9.89. The molecule has 0 spiro atoms. The molecule has 3 heterocycles. The number of hydrogen-bond donors (Lipinski definition) is 2. The van der Waals surface area contributed by atoms with Crippen molar-refractivity contribution in [2.45, 2.75) is 32.1 Å². The minimum absolute atomic E-state index is 0.130. The van der Waals surface area contributed by atoms with Crippen LogP contribution in [0.15, 0.2) is 33.4 Å². The number of anilines is 1. The van der Waals surface area contributed by atoms with E-state index in [1.54, 1.807) is 24.3 Å². The Morgan fingerprint density at radius 3 is 2.85 bits per heavy atom. The maximum Gasteiger partial charge on any atom is 0.251 e. The molecule has 0 unspecified atom stereocenters. The van der Waals surface area contributed by atoms with Crippen LogP contribution in [0.1, 0.15) is 42.5 Å². The second-order valence-corrected chi connectivity index (χ2v) is 7.47. The number of nitrogens with two attached hydrogens (primary N) is 1. The fourth-order valence-electron chi connectivity index (χ4n) is 3.41. The van der Waals surface area contributed by atoms with Gasteiger partial charge in [-0.05, 0) is 59.0 Å². The van der Waals surface area contributed by atoms with Crippen LogP contribution in [0.2, 0.25) is 0 Å². The smallest absolute Gasteiger partial charge is 0.251 e. The fraction of sp³-hybridized carbons (Fsp3) is 0.389. The van der Waals surface area contributed by atoms with Gasteiger partial charge in [-0.3, -0.25) is 4.79 Å². The SMILES string of the molecule is Nc1cc(C(=O)NCC2CCCCC2)cc2nc(-c3ccc(Br)o3)nn12. The molecule has 1 amide bonds. The Hall–Kier alpha value is -2.35. The molecule has 0 bridgehead atoms. The van der Waals surface area contributed by atoms with E-state index in [0.717, 1.165) is 0 Å². The monoisotopic (exact) mass is 417 g/mol. The van der Waals surface area contributed by atoms with Gasteiger partial charge in [-0.2, -0.15) is 4.52 Å². The molecular formula is C18H20BrN5O2. The first-order valence-corrected chi connectivity index (χ1v) is 9.59. The molecule has 1 fully saturated rings. The molecule has 1 saturated carbocycles. The van der Waals surface area contributed by atoms with E-state index in [9.17, 15) is 4.79 Å². The summed E-state index contributed by atoms with van der Waals surface area (Å²) >= 11 is 3.26. The van der Waals surface area contributed by atoms with Crippen molar-refractivity contribution in [3.8, 4) is 11.6 Å². The molecule has 0 saturated heterocycles. The number of carbonyl (C=O) groups excluding carboxylic acids is 1. The normalized spacial score (nSPS) is 15.4. The number of nitrogen functional groups attached to an aromatic ring is 1. The summed E-state index contributed by atoms with van der Waals surface area (Å²) in [5.74, 6) is 1.75. The third-order valence-electron chi connectivity index (χ3n) is 4.80. The predicted octanol–water partition coefficient (Wildman–Crippen LogP) is 3.64. The summed E-state index contributed by atoms with van der Waals surface area (Å²) in [6.07, 6.45) is 6.19. The van der Waals surface area contributed by atoms with Crippen LogP contribution in [-0.2, 0) is 0 Å². The van der Waals surface area contributed by atoms with E-state index in [-0.39, 0.29) is 5.91 Å². The number of halogens is 1. The van der Waals surface area contributed by atoms with Crippen molar-refractivity contribution in [2.24, 2.45) is 5.92 Å². The minimum Gasteiger partial charge on any atom is -0.446 e. The maximum atomic E-state index is 12.5. The van der Waals surface area contributed by atoms with Crippen LogP contribution >= 0.6 is 15.9 Å². The lowest BCUT2D eigenvalue weighted by Crippen LogP contribution is -2.30. The number of nitrogens with one attached hydrogen (secondary N) is 1. The Morgan fingerprint density at radius 2 is 2.12 bits per heavy atom. The fourth-order valence-corrected chi connectivity index (χ4v) is 3.72. The van der Waals surface area contributed by atoms with Crippen LogP contribution < -0.4 is 11.1 Å². The molecule has 4 rings (SSSR count). The highest BCUT2D eigenvalue weighted by Crippen LogP contribution is 2.25. The summed E-state index contributed by atoms with van der Waals surface area (Å²) in [7, 11) is 0.